The molecule has 0 aliphatic heterocycles. The van der Waals surface area contributed by atoms with Crippen LogP contribution >= 0.6 is 15.9 Å². The number of hydrogen-bond acceptors (Lipinski definition) is 2. The maximum absolute atomic E-state index is 12.2. The lowest BCUT2D eigenvalue weighted by molar-refractivity contribution is -0.123. The van der Waals surface area contributed by atoms with Gasteiger partial charge in [-0.25, -0.2) is 5.43 Å². The minimum Gasteiger partial charge on any atom is -0.273 e. The van der Waals surface area contributed by atoms with Crippen molar-refractivity contribution in [3.05, 3.63) is 34.3 Å². The van der Waals surface area contributed by atoms with E-state index in [2.05, 4.69) is 33.4 Å². The van der Waals surface area contributed by atoms with Crippen LogP contribution in [0.2, 0.25) is 0 Å². The smallest absolute Gasteiger partial charge is 0.244 e. The van der Waals surface area contributed by atoms with E-state index in [1.165, 1.54) is 25.7 Å². The molecule has 3 unspecified atom stereocenters. The summed E-state index contributed by atoms with van der Waals surface area (Å²) in [6.07, 6.45) is 6.61. The molecule has 0 spiro atoms. The molecule has 1 aromatic rings. The molecule has 106 valence electrons. The van der Waals surface area contributed by atoms with Crippen molar-refractivity contribution in [2.45, 2.75) is 32.6 Å². The zero-order chi connectivity index (χ0) is 14.2. The van der Waals surface area contributed by atoms with E-state index in [-0.39, 0.29) is 17.2 Å². The molecular weight excluding hydrogens is 316 g/mol. The van der Waals surface area contributed by atoms with Crippen LogP contribution in [0.1, 0.15) is 38.2 Å². The number of nitrogens with one attached hydrogen (secondary N) is 1. The SMILES string of the molecule is CC12CCCCC1C2C(=O)N/N=C/c1cccc(Br)c1. The second-order valence-corrected chi connectivity index (χ2v) is 7.04. The van der Waals surface area contributed by atoms with E-state index in [0.29, 0.717) is 5.92 Å². The van der Waals surface area contributed by atoms with Crippen LogP contribution in [-0.4, -0.2) is 12.1 Å². The molecule has 0 aromatic heterocycles. The Morgan fingerprint density at radius 2 is 2.35 bits per heavy atom. The molecule has 1 amide bonds. The van der Waals surface area contributed by atoms with Crippen LogP contribution in [0.3, 0.4) is 0 Å². The lowest BCUT2D eigenvalue weighted by Gasteiger charge is -2.15. The molecule has 20 heavy (non-hydrogen) atoms. The molecule has 3 atom stereocenters. The van der Waals surface area contributed by atoms with Gasteiger partial charge >= 0.3 is 0 Å². The number of fused-ring (bicyclic) bond motifs is 1. The molecule has 2 aliphatic carbocycles. The number of amides is 1. The Balaban J connectivity index is 1.58. The highest BCUT2D eigenvalue weighted by Crippen LogP contribution is 2.66. The zero-order valence-corrected chi connectivity index (χ0v) is 13.2. The minimum absolute atomic E-state index is 0.0886. The number of carbonyl (C=O) groups excluding carboxylic acids is 1. The van der Waals surface area contributed by atoms with Gasteiger partial charge in [-0.1, -0.05) is 47.8 Å². The van der Waals surface area contributed by atoms with E-state index in [0.717, 1.165) is 10.0 Å². The predicted molar refractivity (Wildman–Crippen MR) is 83.4 cm³/mol. The average Bonchev–Trinajstić information content (AvgIpc) is 3.04. The second kappa shape index (κ2) is 5.32. The molecule has 0 saturated heterocycles. The van der Waals surface area contributed by atoms with E-state index in [9.17, 15) is 4.79 Å². The molecule has 1 N–H and O–H groups in total. The summed E-state index contributed by atoms with van der Waals surface area (Å²) in [7, 11) is 0. The highest BCUT2D eigenvalue weighted by Gasteiger charge is 2.64. The van der Waals surface area contributed by atoms with Gasteiger partial charge in [-0.3, -0.25) is 4.79 Å². The fourth-order valence-electron chi connectivity index (χ4n) is 3.68. The Labute approximate surface area is 128 Å². The number of carbonyl (C=O) groups is 1. The lowest BCUT2D eigenvalue weighted by atomic mass is 9.90. The highest BCUT2D eigenvalue weighted by molar-refractivity contribution is 9.10. The van der Waals surface area contributed by atoms with Crippen molar-refractivity contribution in [2.24, 2.45) is 22.4 Å². The number of halogens is 1. The number of rotatable bonds is 3. The lowest BCUT2D eigenvalue weighted by Crippen LogP contribution is -2.22. The van der Waals surface area contributed by atoms with Crippen LogP contribution < -0.4 is 5.43 Å². The van der Waals surface area contributed by atoms with Crippen molar-refractivity contribution in [1.82, 2.24) is 5.43 Å². The Hall–Kier alpha value is -1.16. The molecule has 2 fully saturated rings. The Morgan fingerprint density at radius 1 is 1.50 bits per heavy atom. The third-order valence-corrected chi connectivity index (χ3v) is 5.34. The van der Waals surface area contributed by atoms with Gasteiger partial charge in [0, 0.05) is 10.4 Å². The van der Waals surface area contributed by atoms with Gasteiger partial charge in [0.2, 0.25) is 5.91 Å². The first-order valence-electron chi connectivity index (χ1n) is 7.20. The summed E-state index contributed by atoms with van der Waals surface area (Å²) in [6, 6.07) is 7.84. The van der Waals surface area contributed by atoms with E-state index in [1.54, 1.807) is 6.21 Å². The maximum Gasteiger partial charge on any atom is 0.244 e. The van der Waals surface area contributed by atoms with Crippen molar-refractivity contribution in [3.63, 3.8) is 0 Å². The summed E-state index contributed by atoms with van der Waals surface area (Å²) in [5.74, 6) is 0.840. The number of hydrogen-bond donors (Lipinski definition) is 1. The van der Waals surface area contributed by atoms with Crippen LogP contribution in [0.4, 0.5) is 0 Å². The number of hydrazone groups is 1. The summed E-state index contributed by atoms with van der Waals surface area (Å²) >= 11 is 3.42. The van der Waals surface area contributed by atoms with E-state index in [4.69, 9.17) is 0 Å². The third kappa shape index (κ3) is 2.53. The van der Waals surface area contributed by atoms with Crippen molar-refractivity contribution >= 4 is 28.1 Å². The fraction of sp³-hybridized carbons (Fsp3) is 0.500. The zero-order valence-electron chi connectivity index (χ0n) is 11.6. The van der Waals surface area contributed by atoms with Gasteiger partial charge in [0.15, 0.2) is 0 Å². The molecule has 1 aromatic carbocycles. The van der Waals surface area contributed by atoms with Gasteiger partial charge in [-0.2, -0.15) is 5.10 Å². The normalized spacial score (nSPS) is 31.9. The second-order valence-electron chi connectivity index (χ2n) is 6.13. The van der Waals surface area contributed by atoms with Gasteiger partial charge in [0.05, 0.1) is 6.21 Å². The molecular formula is C16H19BrN2O. The first kappa shape index (κ1) is 13.8. The van der Waals surface area contributed by atoms with Crippen LogP contribution in [0.15, 0.2) is 33.8 Å². The van der Waals surface area contributed by atoms with Gasteiger partial charge in [0.25, 0.3) is 0 Å². The molecule has 2 aliphatic rings. The molecule has 4 heteroatoms. The topological polar surface area (TPSA) is 41.5 Å². The molecule has 3 nitrogen and oxygen atoms in total. The Morgan fingerprint density at radius 3 is 3.05 bits per heavy atom. The molecule has 0 bridgehead atoms. The Bertz CT molecular complexity index is 557. The molecule has 0 radical (unpaired) electrons. The average molecular weight is 335 g/mol. The predicted octanol–water partition coefficient (Wildman–Crippen LogP) is 3.73. The quantitative estimate of drug-likeness (QED) is 0.664. The standard InChI is InChI=1S/C16H19BrN2O/c1-16-8-3-2-7-13(16)14(16)15(20)19-18-10-11-5-4-6-12(17)9-11/h4-6,9-10,13-14H,2-3,7-8H2,1H3,(H,19,20)/b18-10+. The summed E-state index contributed by atoms with van der Waals surface area (Å²) < 4.78 is 1.01. The van der Waals surface area contributed by atoms with Crippen LogP contribution in [-0.2, 0) is 4.79 Å². The highest BCUT2D eigenvalue weighted by atomic mass is 79.9. The van der Waals surface area contributed by atoms with Crippen LogP contribution in [0.25, 0.3) is 0 Å². The van der Waals surface area contributed by atoms with Gasteiger partial charge in [0.1, 0.15) is 0 Å². The summed E-state index contributed by atoms with van der Waals surface area (Å²) in [5.41, 5.74) is 3.92. The molecule has 3 rings (SSSR count). The maximum atomic E-state index is 12.2. The Kier molecular flexibility index (Phi) is 3.67. The summed E-state index contributed by atoms with van der Waals surface area (Å²) in [6.45, 7) is 2.25. The largest absolute Gasteiger partial charge is 0.273 e. The first-order valence-corrected chi connectivity index (χ1v) is 7.99. The van der Waals surface area contributed by atoms with Crippen LogP contribution in [0, 0.1) is 17.3 Å². The van der Waals surface area contributed by atoms with E-state index >= 15 is 0 Å². The third-order valence-electron chi connectivity index (χ3n) is 4.85. The first-order chi connectivity index (χ1) is 9.61. The summed E-state index contributed by atoms with van der Waals surface area (Å²) in [4.78, 5) is 12.2. The summed E-state index contributed by atoms with van der Waals surface area (Å²) in [5, 5.41) is 4.09. The van der Waals surface area contributed by atoms with Crippen molar-refractivity contribution in [3.8, 4) is 0 Å². The van der Waals surface area contributed by atoms with Crippen molar-refractivity contribution in [1.29, 1.82) is 0 Å². The van der Waals surface area contributed by atoms with Gasteiger partial charge in [-0.15, -0.1) is 0 Å². The molecule has 0 heterocycles. The van der Waals surface area contributed by atoms with E-state index < -0.39 is 0 Å². The fourth-order valence-corrected chi connectivity index (χ4v) is 4.09. The van der Waals surface area contributed by atoms with Gasteiger partial charge < -0.3 is 0 Å². The molecule has 2 saturated carbocycles. The van der Waals surface area contributed by atoms with Crippen molar-refractivity contribution < 1.29 is 4.79 Å². The number of nitrogens with zero attached hydrogens (tertiary/aromatic N) is 1. The monoisotopic (exact) mass is 334 g/mol. The van der Waals surface area contributed by atoms with Crippen molar-refractivity contribution in [2.75, 3.05) is 0 Å². The van der Waals surface area contributed by atoms with E-state index in [1.807, 2.05) is 24.3 Å². The minimum atomic E-state index is 0.0886. The van der Waals surface area contributed by atoms with Gasteiger partial charge in [-0.05, 0) is 41.9 Å². The number of benzene rings is 1. The van der Waals surface area contributed by atoms with Crippen LogP contribution in [0.5, 0.6) is 0 Å².